The summed E-state index contributed by atoms with van der Waals surface area (Å²) < 4.78 is 6.07. The van der Waals surface area contributed by atoms with E-state index < -0.39 is 0 Å². The zero-order valence-corrected chi connectivity index (χ0v) is 14.3. The second-order valence-electron chi connectivity index (χ2n) is 5.62. The average Bonchev–Trinajstić information content (AvgIpc) is 2.75. The molecule has 0 unspecified atom stereocenters. The van der Waals surface area contributed by atoms with Gasteiger partial charge in [0.25, 0.3) is 0 Å². The third-order valence-electron chi connectivity index (χ3n) is 3.86. The van der Waals surface area contributed by atoms with E-state index in [4.69, 9.17) is 15.3 Å². The Hall–Kier alpha value is -4.33. The zero-order chi connectivity index (χ0) is 19.1. The first-order valence-electron chi connectivity index (χ1n) is 8.13. The Kier molecular flexibility index (Phi) is 5.29. The fourth-order valence-electron chi connectivity index (χ4n) is 2.57. The number of nitrogens with zero attached hydrogens (tertiary/aromatic N) is 3. The lowest BCUT2D eigenvalue weighted by molar-refractivity contribution is 0.467. The standard InChI is InChI=1S/C23H13N3O/c24-14-20(21(15-25)16-26)11-17-12-22(18-7-3-1-4-8-18)27-23(13-17)19-9-5-2-6-10-19/h1-13H. The average molecular weight is 347 g/mol. The molecule has 0 aliphatic carbocycles. The highest BCUT2D eigenvalue weighted by molar-refractivity contribution is 5.78. The van der Waals surface area contributed by atoms with Crippen molar-refractivity contribution in [2.45, 2.75) is 0 Å². The van der Waals surface area contributed by atoms with Gasteiger partial charge in [-0.25, -0.2) is 0 Å². The number of hydrogen-bond donors (Lipinski definition) is 0. The van der Waals surface area contributed by atoms with Crippen LogP contribution in [-0.4, -0.2) is 0 Å². The molecule has 2 aromatic rings. The highest BCUT2D eigenvalue weighted by atomic mass is 16.5. The summed E-state index contributed by atoms with van der Waals surface area (Å²) in [6, 6.07) is 24.6. The van der Waals surface area contributed by atoms with Crippen molar-refractivity contribution in [1.29, 1.82) is 15.8 Å². The Morgan fingerprint density at radius 3 is 1.59 bits per heavy atom. The molecule has 0 atom stereocenters. The van der Waals surface area contributed by atoms with E-state index in [0.717, 1.165) is 11.1 Å². The van der Waals surface area contributed by atoms with E-state index in [0.29, 0.717) is 17.1 Å². The Balaban J connectivity index is 2.14. The molecule has 0 N–H and O–H groups in total. The SMILES string of the molecule is N#CC(C#N)=C(C#N)C=C1C=C(c2ccccc2)OC(c2ccccc2)=C1. The molecule has 1 heterocycles. The van der Waals surface area contributed by atoms with Gasteiger partial charge in [0, 0.05) is 11.1 Å². The molecule has 27 heavy (non-hydrogen) atoms. The van der Waals surface area contributed by atoms with Crippen molar-refractivity contribution in [3.05, 3.63) is 107 Å². The summed E-state index contributed by atoms with van der Waals surface area (Å²) in [6.45, 7) is 0. The van der Waals surface area contributed by atoms with E-state index in [1.165, 1.54) is 6.08 Å². The summed E-state index contributed by atoms with van der Waals surface area (Å²) in [6.07, 6.45) is 5.09. The number of nitriles is 3. The van der Waals surface area contributed by atoms with E-state index in [2.05, 4.69) is 0 Å². The lowest BCUT2D eigenvalue weighted by Gasteiger charge is -2.19. The summed E-state index contributed by atoms with van der Waals surface area (Å²) in [5, 5.41) is 27.4. The molecule has 0 saturated carbocycles. The van der Waals surface area contributed by atoms with Gasteiger partial charge >= 0.3 is 0 Å². The molecule has 0 spiro atoms. The van der Waals surface area contributed by atoms with Crippen LogP contribution < -0.4 is 0 Å². The Labute approximate surface area is 157 Å². The quantitative estimate of drug-likeness (QED) is 0.740. The predicted molar refractivity (Wildman–Crippen MR) is 102 cm³/mol. The maximum Gasteiger partial charge on any atom is 0.147 e. The molecule has 0 radical (unpaired) electrons. The summed E-state index contributed by atoms with van der Waals surface area (Å²) in [4.78, 5) is 0. The molecular formula is C23H13N3O. The minimum Gasteiger partial charge on any atom is -0.456 e. The third-order valence-corrected chi connectivity index (χ3v) is 3.86. The molecule has 0 amide bonds. The van der Waals surface area contributed by atoms with Crippen LogP contribution in [0.25, 0.3) is 11.5 Å². The normalized spacial score (nSPS) is 12.3. The van der Waals surface area contributed by atoms with Crippen molar-refractivity contribution in [2.24, 2.45) is 0 Å². The molecule has 1 aliphatic heterocycles. The maximum atomic E-state index is 9.33. The van der Waals surface area contributed by atoms with Crippen molar-refractivity contribution >= 4 is 11.5 Å². The van der Waals surface area contributed by atoms with E-state index in [1.54, 1.807) is 24.3 Å². The van der Waals surface area contributed by atoms with E-state index in [9.17, 15) is 5.26 Å². The number of benzene rings is 2. The van der Waals surface area contributed by atoms with Crippen LogP contribution in [0, 0.1) is 34.0 Å². The Bertz CT molecular complexity index is 1030. The van der Waals surface area contributed by atoms with Gasteiger partial charge in [-0.3, -0.25) is 0 Å². The largest absolute Gasteiger partial charge is 0.456 e. The van der Waals surface area contributed by atoms with Crippen LogP contribution in [0.1, 0.15) is 11.1 Å². The molecule has 2 aromatic carbocycles. The van der Waals surface area contributed by atoms with E-state index in [1.807, 2.05) is 66.7 Å². The Morgan fingerprint density at radius 1 is 0.704 bits per heavy atom. The minimum absolute atomic E-state index is 0.0178. The highest BCUT2D eigenvalue weighted by Gasteiger charge is 2.15. The highest BCUT2D eigenvalue weighted by Crippen LogP contribution is 2.32. The first-order valence-corrected chi connectivity index (χ1v) is 8.13. The first kappa shape index (κ1) is 17.5. The Morgan fingerprint density at radius 2 is 1.19 bits per heavy atom. The number of rotatable bonds is 3. The van der Waals surface area contributed by atoms with E-state index in [-0.39, 0.29) is 11.1 Å². The fraction of sp³-hybridized carbons (Fsp3) is 0. The van der Waals surface area contributed by atoms with Crippen LogP contribution in [0.2, 0.25) is 0 Å². The second-order valence-corrected chi connectivity index (χ2v) is 5.62. The van der Waals surface area contributed by atoms with Gasteiger partial charge in [-0.2, -0.15) is 15.8 Å². The molecule has 3 rings (SSSR count). The summed E-state index contributed by atoms with van der Waals surface area (Å²) in [7, 11) is 0. The molecule has 0 saturated heterocycles. The number of hydrogen-bond acceptors (Lipinski definition) is 4. The van der Waals surface area contributed by atoms with Gasteiger partial charge in [0.15, 0.2) is 0 Å². The lowest BCUT2D eigenvalue weighted by Crippen LogP contribution is -2.00. The molecule has 0 aromatic heterocycles. The van der Waals surface area contributed by atoms with Crippen LogP contribution >= 0.6 is 0 Å². The van der Waals surface area contributed by atoms with Crippen molar-refractivity contribution in [3.8, 4) is 18.2 Å². The van der Waals surface area contributed by atoms with Gasteiger partial charge in [-0.1, -0.05) is 60.7 Å². The number of ether oxygens (including phenoxy) is 1. The zero-order valence-electron chi connectivity index (χ0n) is 14.3. The van der Waals surface area contributed by atoms with Crippen molar-refractivity contribution < 1.29 is 4.74 Å². The van der Waals surface area contributed by atoms with Crippen LogP contribution in [-0.2, 0) is 4.74 Å². The van der Waals surface area contributed by atoms with Crippen LogP contribution in [0.3, 0.4) is 0 Å². The summed E-state index contributed by atoms with van der Waals surface area (Å²) in [5.74, 6) is 1.24. The molecule has 4 heteroatoms. The van der Waals surface area contributed by atoms with Crippen LogP contribution in [0.4, 0.5) is 0 Å². The lowest BCUT2D eigenvalue weighted by atomic mass is 10.0. The topological polar surface area (TPSA) is 80.6 Å². The van der Waals surface area contributed by atoms with Gasteiger partial charge in [-0.15, -0.1) is 0 Å². The summed E-state index contributed by atoms with van der Waals surface area (Å²) in [5.41, 5.74) is 2.23. The van der Waals surface area contributed by atoms with Crippen molar-refractivity contribution in [2.75, 3.05) is 0 Å². The fourth-order valence-corrected chi connectivity index (χ4v) is 2.57. The minimum atomic E-state index is -0.221. The third kappa shape index (κ3) is 4.02. The number of allylic oxidation sites excluding steroid dienone is 6. The molecule has 0 bridgehead atoms. The monoisotopic (exact) mass is 347 g/mol. The van der Waals surface area contributed by atoms with E-state index >= 15 is 0 Å². The maximum absolute atomic E-state index is 9.33. The molecule has 4 nitrogen and oxygen atoms in total. The second kappa shape index (κ2) is 8.17. The van der Waals surface area contributed by atoms with Gasteiger partial charge in [0.2, 0.25) is 0 Å². The van der Waals surface area contributed by atoms with Gasteiger partial charge in [0.05, 0.1) is 5.57 Å². The van der Waals surface area contributed by atoms with Gasteiger partial charge < -0.3 is 4.74 Å². The van der Waals surface area contributed by atoms with Crippen LogP contribution in [0.15, 0.2) is 95.6 Å². The summed E-state index contributed by atoms with van der Waals surface area (Å²) >= 11 is 0. The molecule has 126 valence electrons. The van der Waals surface area contributed by atoms with Gasteiger partial charge in [-0.05, 0) is 23.8 Å². The van der Waals surface area contributed by atoms with Crippen LogP contribution in [0.5, 0.6) is 0 Å². The molecule has 0 fully saturated rings. The smallest absolute Gasteiger partial charge is 0.147 e. The first-order chi connectivity index (χ1) is 13.2. The van der Waals surface area contributed by atoms with Gasteiger partial charge in [0.1, 0.15) is 35.3 Å². The van der Waals surface area contributed by atoms with Crippen molar-refractivity contribution in [1.82, 2.24) is 0 Å². The molecule has 1 aliphatic rings. The predicted octanol–water partition coefficient (Wildman–Crippen LogP) is 4.89. The van der Waals surface area contributed by atoms with Crippen molar-refractivity contribution in [3.63, 3.8) is 0 Å². The molecular weight excluding hydrogens is 334 g/mol.